The fourth-order valence-corrected chi connectivity index (χ4v) is 4.94. The lowest BCUT2D eigenvalue weighted by Crippen LogP contribution is -2.57. The third-order valence-corrected chi connectivity index (χ3v) is 7.88. The average Bonchev–Trinajstić information content (AvgIpc) is 3.42. The van der Waals surface area contributed by atoms with Crippen LogP contribution in [0.25, 0.3) is 0 Å². The van der Waals surface area contributed by atoms with Crippen LogP contribution in [0.1, 0.15) is 38.7 Å². The van der Waals surface area contributed by atoms with Crippen molar-refractivity contribution in [3.63, 3.8) is 0 Å². The third kappa shape index (κ3) is 10.1. The van der Waals surface area contributed by atoms with Crippen molar-refractivity contribution in [2.24, 2.45) is 27.2 Å². The number of guanidine groups is 1. The van der Waals surface area contributed by atoms with Gasteiger partial charge in [0.1, 0.15) is 11.6 Å². The Labute approximate surface area is 272 Å². The number of nitrogens with one attached hydrogen (secondary N) is 2. The summed E-state index contributed by atoms with van der Waals surface area (Å²) in [6.07, 6.45) is 2.16. The minimum Gasteiger partial charge on any atom is -0.482 e. The molecule has 0 unspecified atom stereocenters. The van der Waals surface area contributed by atoms with Crippen molar-refractivity contribution in [3.8, 4) is 5.75 Å². The Morgan fingerprint density at radius 1 is 1.11 bits per heavy atom. The van der Waals surface area contributed by atoms with Crippen molar-refractivity contribution in [2.75, 3.05) is 45.9 Å². The number of carbonyl (C=O) groups is 4. The van der Waals surface area contributed by atoms with Gasteiger partial charge in [0.05, 0.1) is 17.8 Å². The Hall–Kier alpha value is -4.79. The van der Waals surface area contributed by atoms with E-state index in [4.69, 9.17) is 38.3 Å². The van der Waals surface area contributed by atoms with Gasteiger partial charge in [-0.2, -0.15) is 0 Å². The number of likely N-dealkylation sites (tertiary alicyclic amines) is 1. The molecule has 46 heavy (non-hydrogen) atoms. The Kier molecular flexibility index (Phi) is 12.8. The molecule has 1 saturated heterocycles. The molecule has 2 aliphatic heterocycles. The first-order valence-corrected chi connectivity index (χ1v) is 15.2. The largest absolute Gasteiger partial charge is 0.482 e. The maximum absolute atomic E-state index is 12.9. The van der Waals surface area contributed by atoms with Gasteiger partial charge in [-0.3, -0.25) is 24.7 Å². The lowest BCUT2D eigenvalue weighted by Gasteiger charge is -2.39. The summed E-state index contributed by atoms with van der Waals surface area (Å²) in [6, 6.07) is 7.12. The Bertz CT molecular complexity index is 1390. The van der Waals surface area contributed by atoms with Gasteiger partial charge in [-0.15, -0.1) is 0 Å². The van der Waals surface area contributed by atoms with Crippen molar-refractivity contribution in [1.29, 1.82) is 0 Å². The second-order valence-corrected chi connectivity index (χ2v) is 11.2. The fraction of sp³-hybridized carbons (Fsp3) is 0.467. The van der Waals surface area contributed by atoms with Crippen molar-refractivity contribution in [3.05, 3.63) is 53.1 Å². The second kappa shape index (κ2) is 16.5. The monoisotopic (exact) mass is 659 g/mol. The first kappa shape index (κ1) is 35.7. The van der Waals surface area contributed by atoms with Gasteiger partial charge in [-0.25, -0.2) is 9.79 Å². The molecule has 2 heterocycles. The molecule has 3 rings (SSSR count). The van der Waals surface area contributed by atoms with Crippen molar-refractivity contribution >= 4 is 47.0 Å². The Morgan fingerprint density at radius 3 is 2.35 bits per heavy atom. The number of aryl methyl sites for hydroxylation is 1. The summed E-state index contributed by atoms with van der Waals surface area (Å²) in [5, 5.41) is 5.61. The van der Waals surface area contributed by atoms with E-state index < -0.39 is 17.4 Å². The van der Waals surface area contributed by atoms with Gasteiger partial charge in [-0.05, 0) is 50.8 Å². The summed E-state index contributed by atoms with van der Waals surface area (Å²) in [7, 11) is 0. The molecule has 3 amide bonds. The minimum atomic E-state index is -0.677. The zero-order chi connectivity index (χ0) is 33.9. The molecule has 0 atom stereocenters. The number of hydrogen-bond donors (Lipinski definition) is 5. The van der Waals surface area contributed by atoms with Crippen LogP contribution in [-0.2, 0) is 30.3 Å². The first-order valence-electron chi connectivity index (χ1n) is 14.9. The minimum absolute atomic E-state index is 0.0380. The van der Waals surface area contributed by atoms with Gasteiger partial charge in [0.2, 0.25) is 5.91 Å². The van der Waals surface area contributed by atoms with Crippen molar-refractivity contribution < 1.29 is 28.7 Å². The Balaban J connectivity index is 1.39. The molecule has 0 aromatic heterocycles. The van der Waals surface area contributed by atoms with Crippen molar-refractivity contribution in [1.82, 2.24) is 20.4 Å². The summed E-state index contributed by atoms with van der Waals surface area (Å²) in [5.74, 6) is -1.06. The van der Waals surface area contributed by atoms with Crippen LogP contribution in [0.3, 0.4) is 0 Å². The molecule has 0 bridgehead atoms. The number of nitrogens with zero attached hydrogens (tertiary/aromatic N) is 4. The van der Waals surface area contributed by atoms with Gasteiger partial charge < -0.3 is 41.8 Å². The number of piperidine rings is 1. The molecule has 1 aromatic rings. The summed E-state index contributed by atoms with van der Waals surface area (Å²) < 4.78 is 10.5. The lowest BCUT2D eigenvalue weighted by atomic mass is 9.88. The van der Waals surface area contributed by atoms with Crippen molar-refractivity contribution in [2.45, 2.75) is 45.1 Å². The zero-order valence-corrected chi connectivity index (χ0v) is 26.9. The molecule has 1 spiro atoms. The molecular formula is C30H42ClN9O6. The zero-order valence-electron chi connectivity index (χ0n) is 26.1. The van der Waals surface area contributed by atoms with Gasteiger partial charge in [0.15, 0.2) is 30.0 Å². The van der Waals surface area contributed by atoms with Crippen LogP contribution >= 0.6 is 11.6 Å². The molecular weight excluding hydrogens is 618 g/mol. The molecule has 15 nitrogen and oxygen atoms in total. The average molecular weight is 660 g/mol. The van der Waals surface area contributed by atoms with Crippen LogP contribution in [0.5, 0.6) is 5.75 Å². The Morgan fingerprint density at radius 2 is 1.76 bits per heavy atom. The molecule has 250 valence electrons. The summed E-state index contributed by atoms with van der Waals surface area (Å²) in [6.45, 7) is 9.20. The van der Waals surface area contributed by atoms with E-state index in [0.29, 0.717) is 64.2 Å². The van der Waals surface area contributed by atoms with E-state index >= 15 is 0 Å². The van der Waals surface area contributed by atoms with E-state index in [2.05, 4.69) is 27.2 Å². The standard InChI is InChI=1S/C30H42ClN9O6/c1-4-39(5-2)23(42)16-46-24(43)17-45-21-9-6-20(7-10-21)8-11-22(41)40-14-12-30(13-15-40)18-35-29(38-30)37-28(44)25(19(3)32)36-26(31)27(33)34/h6-7,9-10H,3-5,8,11-18,32-34H2,1-2H3,(H2,35,37,38,44). The summed E-state index contributed by atoms with van der Waals surface area (Å²) >= 11 is 5.84. The van der Waals surface area contributed by atoms with E-state index in [1.807, 2.05) is 30.9 Å². The van der Waals surface area contributed by atoms with E-state index in [0.717, 1.165) is 5.56 Å². The maximum Gasteiger partial charge on any atom is 0.344 e. The van der Waals surface area contributed by atoms with Gasteiger partial charge in [0.25, 0.3) is 11.8 Å². The molecule has 16 heteroatoms. The number of halogens is 1. The number of aliphatic imine (C=N–C) groups is 2. The maximum atomic E-state index is 12.9. The highest BCUT2D eigenvalue weighted by molar-refractivity contribution is 6.48. The smallest absolute Gasteiger partial charge is 0.344 e. The number of carbonyl (C=O) groups excluding carboxylic acids is 4. The highest BCUT2D eigenvalue weighted by atomic mass is 35.5. The predicted octanol–water partition coefficient (Wildman–Crippen LogP) is 0.0424. The quantitative estimate of drug-likeness (QED) is 0.109. The summed E-state index contributed by atoms with van der Waals surface area (Å²) in [5.41, 5.74) is 16.7. The van der Waals surface area contributed by atoms with E-state index in [1.54, 1.807) is 17.0 Å². The normalized spacial score (nSPS) is 15.3. The van der Waals surface area contributed by atoms with Crippen LogP contribution in [0.2, 0.25) is 0 Å². The van der Waals surface area contributed by atoms with Crippen LogP contribution in [-0.4, -0.2) is 96.6 Å². The molecule has 0 radical (unpaired) electrons. The highest BCUT2D eigenvalue weighted by Gasteiger charge is 2.40. The number of rotatable bonds is 13. The number of ether oxygens (including phenoxy) is 2. The first-order chi connectivity index (χ1) is 21.9. The van der Waals surface area contributed by atoms with Crippen LogP contribution in [0, 0.1) is 0 Å². The lowest BCUT2D eigenvalue weighted by molar-refractivity contribution is -0.153. The SMILES string of the molecule is C=C(N)C(=NC(Cl)=C(N)N)C(=O)NC1=NCC2(CCN(C(=O)CCc3ccc(OCC(=O)OCC(=O)N(CC)CC)cc3)CC2)N1. The molecule has 1 fully saturated rings. The number of benzene rings is 1. The van der Waals surface area contributed by atoms with Crippen LogP contribution in [0.15, 0.2) is 57.5 Å². The number of nitrogens with two attached hydrogens (primary N) is 3. The molecule has 0 aliphatic carbocycles. The molecule has 0 saturated carbocycles. The van der Waals surface area contributed by atoms with Gasteiger partial charge in [0, 0.05) is 32.6 Å². The van der Waals surface area contributed by atoms with E-state index in [9.17, 15) is 19.2 Å². The molecule has 2 aliphatic rings. The van der Waals surface area contributed by atoms with E-state index in [-0.39, 0.29) is 53.4 Å². The molecule has 8 N–H and O–H groups in total. The second-order valence-electron chi connectivity index (χ2n) is 10.8. The summed E-state index contributed by atoms with van der Waals surface area (Å²) in [4.78, 5) is 61.2. The highest BCUT2D eigenvalue weighted by Crippen LogP contribution is 2.26. The van der Waals surface area contributed by atoms with Crippen LogP contribution in [0.4, 0.5) is 0 Å². The van der Waals surface area contributed by atoms with Gasteiger partial charge >= 0.3 is 5.97 Å². The number of likely N-dealkylation sites (N-methyl/N-ethyl adjacent to an activating group) is 1. The van der Waals surface area contributed by atoms with Crippen LogP contribution < -0.4 is 32.6 Å². The number of amides is 3. The van der Waals surface area contributed by atoms with Gasteiger partial charge in [-0.1, -0.05) is 30.3 Å². The number of hydrogen-bond acceptors (Lipinski definition) is 12. The fourth-order valence-electron chi connectivity index (χ4n) is 4.85. The topological polar surface area (TPSA) is 220 Å². The predicted molar refractivity (Wildman–Crippen MR) is 173 cm³/mol. The molecule has 1 aromatic carbocycles. The van der Waals surface area contributed by atoms with E-state index in [1.165, 1.54) is 0 Å². The number of esters is 1. The third-order valence-electron chi connectivity index (χ3n) is 7.58.